The first-order valence-electron chi connectivity index (χ1n) is 15.9. The quantitative estimate of drug-likeness (QED) is 0.163. The van der Waals surface area contributed by atoms with Crippen molar-refractivity contribution in [1.29, 1.82) is 0 Å². The number of benzene rings is 10. The minimum absolute atomic E-state index is 1.04. The summed E-state index contributed by atoms with van der Waals surface area (Å²) in [5, 5.41) is 24.1. The van der Waals surface area contributed by atoms with Gasteiger partial charge < -0.3 is 0 Å². The van der Waals surface area contributed by atoms with Crippen molar-refractivity contribution in [2.45, 2.75) is 0 Å². The fourth-order valence-electron chi connectivity index (χ4n) is 7.78. The Morgan fingerprint density at radius 1 is 0.217 bits per heavy atom. The van der Waals surface area contributed by atoms with E-state index in [0.717, 1.165) is 5.52 Å². The number of aromatic nitrogens is 1. The Balaban J connectivity index is 1.09. The van der Waals surface area contributed by atoms with Crippen LogP contribution in [0.15, 0.2) is 152 Å². The minimum atomic E-state index is 1.04. The predicted octanol–water partition coefficient (Wildman–Crippen LogP) is 12.6. The zero-order valence-electron chi connectivity index (χ0n) is 24.9. The highest BCUT2D eigenvalue weighted by molar-refractivity contribution is 6.14. The topological polar surface area (TPSA) is 12.9 Å². The molecule has 0 N–H and O–H groups in total. The molecule has 0 unspecified atom stereocenters. The number of hydrogen-bond donors (Lipinski definition) is 0. The van der Waals surface area contributed by atoms with Gasteiger partial charge >= 0.3 is 0 Å². The molecule has 0 fully saturated rings. The van der Waals surface area contributed by atoms with Crippen molar-refractivity contribution in [2.75, 3.05) is 0 Å². The van der Waals surface area contributed by atoms with Crippen LogP contribution >= 0.6 is 0 Å². The SMILES string of the molecule is c1ccc2cc3cc4cc5cc6cc7cc8cc9cc%10cc%11ncccc%11cc%10cc9cc8cc7cc6cc5cc4cc3cc2c1. The van der Waals surface area contributed by atoms with Crippen LogP contribution in [0.1, 0.15) is 0 Å². The molecule has 0 atom stereocenters. The first-order valence-corrected chi connectivity index (χ1v) is 15.9. The molecule has 1 heteroatoms. The summed E-state index contributed by atoms with van der Waals surface area (Å²) in [5.41, 5.74) is 1.04. The van der Waals surface area contributed by atoms with E-state index in [2.05, 4.69) is 145 Å². The van der Waals surface area contributed by atoms with Crippen LogP contribution < -0.4 is 0 Å². The smallest absolute Gasteiger partial charge is 0.0708 e. The van der Waals surface area contributed by atoms with E-state index in [1.165, 1.54) is 102 Å². The van der Waals surface area contributed by atoms with Crippen LogP contribution in [-0.2, 0) is 0 Å². The molecule has 11 aromatic rings. The molecule has 11 rings (SSSR count). The maximum atomic E-state index is 4.58. The van der Waals surface area contributed by atoms with Crippen LogP contribution in [0, 0.1) is 0 Å². The van der Waals surface area contributed by atoms with Crippen LogP contribution in [0.5, 0.6) is 0 Å². The highest BCUT2D eigenvalue weighted by Crippen LogP contribution is 2.36. The number of pyridine rings is 1. The Hall–Kier alpha value is -6.05. The summed E-state index contributed by atoms with van der Waals surface area (Å²) in [4.78, 5) is 4.58. The second kappa shape index (κ2) is 8.78. The Labute approximate surface area is 263 Å². The van der Waals surface area contributed by atoms with E-state index < -0.39 is 0 Å². The van der Waals surface area contributed by atoms with Gasteiger partial charge in [-0.1, -0.05) is 30.3 Å². The average Bonchev–Trinajstić information content (AvgIpc) is 3.07. The van der Waals surface area contributed by atoms with Crippen molar-refractivity contribution in [2.24, 2.45) is 0 Å². The number of nitrogens with zero attached hydrogens (tertiary/aromatic N) is 1. The van der Waals surface area contributed by atoms with E-state index in [1.54, 1.807) is 0 Å². The van der Waals surface area contributed by atoms with Gasteiger partial charge in [0.25, 0.3) is 0 Å². The molecule has 46 heavy (non-hydrogen) atoms. The second-order valence-corrected chi connectivity index (χ2v) is 13.0. The van der Waals surface area contributed by atoms with Gasteiger partial charge in [0.2, 0.25) is 0 Å². The van der Waals surface area contributed by atoms with E-state index in [9.17, 15) is 0 Å². The molecule has 0 amide bonds. The molecule has 0 aliphatic rings. The molecular formula is C45H25N. The van der Waals surface area contributed by atoms with Gasteiger partial charge in [-0.25, -0.2) is 0 Å². The maximum absolute atomic E-state index is 4.58. The first-order chi connectivity index (χ1) is 22.7. The zero-order chi connectivity index (χ0) is 29.9. The Morgan fingerprint density at radius 3 is 0.783 bits per heavy atom. The van der Waals surface area contributed by atoms with Crippen molar-refractivity contribution in [3.8, 4) is 0 Å². The van der Waals surface area contributed by atoms with E-state index in [4.69, 9.17) is 0 Å². The summed E-state index contributed by atoms with van der Waals surface area (Å²) in [6, 6.07) is 54.8. The predicted molar refractivity (Wildman–Crippen MR) is 199 cm³/mol. The van der Waals surface area contributed by atoms with Crippen molar-refractivity contribution in [1.82, 2.24) is 4.98 Å². The van der Waals surface area contributed by atoms with Gasteiger partial charge in [0.05, 0.1) is 5.52 Å². The van der Waals surface area contributed by atoms with Gasteiger partial charge in [0.15, 0.2) is 0 Å². The van der Waals surface area contributed by atoms with Crippen LogP contribution in [0.4, 0.5) is 0 Å². The van der Waals surface area contributed by atoms with Crippen LogP contribution in [-0.4, -0.2) is 4.98 Å². The lowest BCUT2D eigenvalue weighted by Crippen LogP contribution is -1.84. The van der Waals surface area contributed by atoms with Crippen molar-refractivity contribution in [3.05, 3.63) is 152 Å². The fourth-order valence-corrected chi connectivity index (χ4v) is 7.78. The monoisotopic (exact) mass is 579 g/mol. The minimum Gasteiger partial charge on any atom is -0.256 e. The summed E-state index contributed by atoms with van der Waals surface area (Å²) in [6.45, 7) is 0. The highest BCUT2D eigenvalue weighted by atomic mass is 14.6. The van der Waals surface area contributed by atoms with Crippen molar-refractivity contribution in [3.63, 3.8) is 0 Å². The van der Waals surface area contributed by atoms with Gasteiger partial charge in [0, 0.05) is 11.6 Å². The third kappa shape index (κ3) is 3.60. The highest BCUT2D eigenvalue weighted by Gasteiger charge is 2.09. The summed E-state index contributed by atoms with van der Waals surface area (Å²) < 4.78 is 0. The molecule has 0 saturated heterocycles. The Bertz CT molecular complexity index is 2710. The molecule has 210 valence electrons. The molecule has 0 aliphatic carbocycles. The third-order valence-corrected chi connectivity index (χ3v) is 10.1. The Kier molecular flexibility index (Phi) is 4.63. The number of rotatable bonds is 0. The van der Waals surface area contributed by atoms with E-state index in [-0.39, 0.29) is 0 Å². The van der Waals surface area contributed by atoms with Crippen LogP contribution in [0.2, 0.25) is 0 Å². The molecule has 0 spiro atoms. The molecule has 0 radical (unpaired) electrons. The summed E-state index contributed by atoms with van der Waals surface area (Å²) in [7, 11) is 0. The lowest BCUT2D eigenvalue weighted by atomic mass is 9.94. The van der Waals surface area contributed by atoms with Gasteiger partial charge in [-0.3, -0.25) is 4.98 Å². The van der Waals surface area contributed by atoms with E-state index >= 15 is 0 Å². The first kappa shape index (κ1) is 24.3. The molecule has 10 aromatic carbocycles. The molecule has 1 aromatic heterocycles. The third-order valence-electron chi connectivity index (χ3n) is 10.1. The number of fused-ring (bicyclic) bond motifs is 10. The van der Waals surface area contributed by atoms with E-state index in [1.807, 2.05) is 12.3 Å². The molecule has 0 aliphatic heterocycles. The lowest BCUT2D eigenvalue weighted by molar-refractivity contribution is 1.42. The van der Waals surface area contributed by atoms with Crippen molar-refractivity contribution >= 4 is 108 Å². The summed E-state index contributed by atoms with van der Waals surface area (Å²) in [5.74, 6) is 0. The molecular weight excluding hydrogens is 555 g/mol. The molecule has 0 saturated carbocycles. The van der Waals surface area contributed by atoms with Crippen LogP contribution in [0.25, 0.3) is 108 Å². The largest absolute Gasteiger partial charge is 0.256 e. The van der Waals surface area contributed by atoms with Gasteiger partial charge in [0.1, 0.15) is 0 Å². The molecule has 0 bridgehead atoms. The van der Waals surface area contributed by atoms with Gasteiger partial charge in [-0.05, 0) is 212 Å². The van der Waals surface area contributed by atoms with Gasteiger partial charge in [-0.15, -0.1) is 0 Å². The maximum Gasteiger partial charge on any atom is 0.0708 e. The summed E-state index contributed by atoms with van der Waals surface area (Å²) in [6.07, 6.45) is 1.87. The average molecular weight is 580 g/mol. The van der Waals surface area contributed by atoms with Crippen LogP contribution in [0.3, 0.4) is 0 Å². The van der Waals surface area contributed by atoms with E-state index in [0.29, 0.717) is 0 Å². The summed E-state index contributed by atoms with van der Waals surface area (Å²) >= 11 is 0. The van der Waals surface area contributed by atoms with Crippen molar-refractivity contribution < 1.29 is 0 Å². The second-order valence-electron chi connectivity index (χ2n) is 13.0. The number of hydrogen-bond acceptors (Lipinski definition) is 1. The normalized spacial score (nSPS) is 12.3. The zero-order valence-corrected chi connectivity index (χ0v) is 24.9. The Morgan fingerprint density at radius 2 is 0.457 bits per heavy atom. The standard InChI is InChI=1S/C45H25N/c1-2-5-27-9-30-12-33-15-36-18-39-21-41-22-42-23-43-24-44-25-45-28(6-3-7-46-45)10-31(44)13-34(43)16-37(42)19-40(41)20-38(39)17-35(36)14-32(33)11-29(30)8-26(27)4-1/h1-25H. The lowest BCUT2D eigenvalue weighted by Gasteiger charge is -2.10. The fraction of sp³-hybridized carbons (Fsp3) is 0. The molecule has 1 heterocycles. The molecule has 1 nitrogen and oxygen atoms in total. The van der Waals surface area contributed by atoms with Gasteiger partial charge in [-0.2, -0.15) is 0 Å².